The number of hydrogen-bond acceptors (Lipinski definition) is 2. The molecule has 0 aliphatic heterocycles. The topological polar surface area (TPSA) is 41.6 Å². The van der Waals surface area contributed by atoms with Gasteiger partial charge in [-0.15, -0.1) is 0 Å². The van der Waals surface area contributed by atoms with Crippen LogP contribution in [0.5, 0.6) is 0 Å². The minimum Gasteiger partial charge on any atom is -0.267 e. The molecular weight excluding hydrogens is 245 g/mol. The highest BCUT2D eigenvalue weighted by atomic mass is 35.5. The lowest BCUT2D eigenvalue weighted by molar-refractivity contribution is 0.684. The van der Waals surface area contributed by atoms with Crippen molar-refractivity contribution in [2.45, 2.75) is 6.54 Å². The van der Waals surface area contributed by atoms with Crippen LogP contribution in [0.2, 0.25) is 10.0 Å². The van der Waals surface area contributed by atoms with Crippen molar-refractivity contribution in [2.24, 2.45) is 0 Å². The zero-order valence-electron chi connectivity index (χ0n) is 8.19. The molecular formula is C11H7Cl2N3. The van der Waals surface area contributed by atoms with Crippen molar-refractivity contribution in [3.05, 3.63) is 51.8 Å². The number of nitriles is 1. The minimum atomic E-state index is 0.403. The Morgan fingerprint density at radius 3 is 2.69 bits per heavy atom. The standard InChI is InChI=1S/C11H7Cl2N3/c12-10-2-1-8(5-11(10)13)7-16-4-3-9(6-14)15-16/h1-5H,7H2. The van der Waals surface area contributed by atoms with Crippen molar-refractivity contribution in [3.63, 3.8) is 0 Å². The molecule has 0 aliphatic rings. The summed E-state index contributed by atoms with van der Waals surface area (Å²) in [6, 6.07) is 9.05. The number of rotatable bonds is 2. The molecule has 0 aliphatic carbocycles. The van der Waals surface area contributed by atoms with E-state index in [0.717, 1.165) is 5.56 Å². The SMILES string of the molecule is N#Cc1ccn(Cc2ccc(Cl)c(Cl)c2)n1. The number of benzene rings is 1. The maximum absolute atomic E-state index is 8.63. The molecule has 1 heterocycles. The smallest absolute Gasteiger partial charge is 0.162 e. The molecule has 0 spiro atoms. The highest BCUT2D eigenvalue weighted by Gasteiger charge is 2.02. The van der Waals surface area contributed by atoms with Crippen molar-refractivity contribution in [2.75, 3.05) is 0 Å². The summed E-state index contributed by atoms with van der Waals surface area (Å²) in [7, 11) is 0. The van der Waals surface area contributed by atoms with Crippen LogP contribution in [0.1, 0.15) is 11.3 Å². The zero-order valence-corrected chi connectivity index (χ0v) is 9.70. The van der Waals surface area contributed by atoms with Crippen molar-refractivity contribution in [1.29, 1.82) is 5.26 Å². The molecule has 1 aromatic heterocycles. The predicted octanol–water partition coefficient (Wildman–Crippen LogP) is 3.11. The van der Waals surface area contributed by atoms with Gasteiger partial charge in [0.25, 0.3) is 0 Å². The summed E-state index contributed by atoms with van der Waals surface area (Å²) in [6.45, 7) is 0.568. The molecule has 0 radical (unpaired) electrons. The lowest BCUT2D eigenvalue weighted by Gasteiger charge is -2.03. The van der Waals surface area contributed by atoms with E-state index in [0.29, 0.717) is 22.3 Å². The highest BCUT2D eigenvalue weighted by molar-refractivity contribution is 6.42. The van der Waals surface area contributed by atoms with Gasteiger partial charge >= 0.3 is 0 Å². The van der Waals surface area contributed by atoms with Crippen LogP contribution in [0.4, 0.5) is 0 Å². The van der Waals surface area contributed by atoms with E-state index in [1.54, 1.807) is 29.1 Å². The Kier molecular flexibility index (Phi) is 3.14. The Hall–Kier alpha value is -1.50. The first-order valence-electron chi connectivity index (χ1n) is 4.56. The van der Waals surface area contributed by atoms with Gasteiger partial charge in [-0.1, -0.05) is 29.3 Å². The summed E-state index contributed by atoms with van der Waals surface area (Å²) >= 11 is 11.7. The summed E-state index contributed by atoms with van der Waals surface area (Å²) in [5.41, 5.74) is 1.39. The number of aromatic nitrogens is 2. The van der Waals surface area contributed by atoms with E-state index in [-0.39, 0.29) is 0 Å². The van der Waals surface area contributed by atoms with Gasteiger partial charge in [0.1, 0.15) is 6.07 Å². The first kappa shape index (κ1) is 11.0. The average Bonchev–Trinajstić information content (AvgIpc) is 2.71. The van der Waals surface area contributed by atoms with Crippen molar-refractivity contribution < 1.29 is 0 Å². The van der Waals surface area contributed by atoms with Gasteiger partial charge in [0.05, 0.1) is 16.6 Å². The molecule has 0 amide bonds. The second kappa shape index (κ2) is 4.56. The Morgan fingerprint density at radius 1 is 1.25 bits per heavy atom. The Balaban J connectivity index is 2.21. The Labute approximate surface area is 103 Å². The Bertz CT molecular complexity index is 555. The molecule has 5 heteroatoms. The van der Waals surface area contributed by atoms with Crippen LogP contribution in [0, 0.1) is 11.3 Å². The minimum absolute atomic E-state index is 0.403. The van der Waals surface area contributed by atoms with Crippen LogP contribution in [0.15, 0.2) is 30.5 Å². The van der Waals surface area contributed by atoms with Crippen LogP contribution < -0.4 is 0 Å². The molecule has 1 aromatic carbocycles. The second-order valence-electron chi connectivity index (χ2n) is 3.26. The van der Waals surface area contributed by atoms with Crippen LogP contribution in [0.3, 0.4) is 0 Å². The van der Waals surface area contributed by atoms with Crippen LogP contribution >= 0.6 is 23.2 Å². The Morgan fingerprint density at radius 2 is 2.06 bits per heavy atom. The summed E-state index contributed by atoms with van der Waals surface area (Å²) in [4.78, 5) is 0. The molecule has 2 rings (SSSR count). The molecule has 0 N–H and O–H groups in total. The number of nitrogens with zero attached hydrogens (tertiary/aromatic N) is 3. The van der Waals surface area contributed by atoms with Gasteiger partial charge < -0.3 is 0 Å². The monoisotopic (exact) mass is 251 g/mol. The first-order valence-corrected chi connectivity index (χ1v) is 5.32. The first-order chi connectivity index (χ1) is 7.69. The molecule has 80 valence electrons. The fourth-order valence-electron chi connectivity index (χ4n) is 1.33. The van der Waals surface area contributed by atoms with Gasteiger partial charge in [0.2, 0.25) is 0 Å². The van der Waals surface area contributed by atoms with E-state index in [2.05, 4.69) is 5.10 Å². The van der Waals surface area contributed by atoms with Crippen molar-refractivity contribution in [3.8, 4) is 6.07 Å². The summed E-state index contributed by atoms with van der Waals surface area (Å²) < 4.78 is 1.68. The van der Waals surface area contributed by atoms with Gasteiger partial charge in [0, 0.05) is 6.20 Å². The fourth-order valence-corrected chi connectivity index (χ4v) is 1.66. The predicted molar refractivity (Wildman–Crippen MR) is 62.5 cm³/mol. The van der Waals surface area contributed by atoms with Gasteiger partial charge in [-0.25, -0.2) is 0 Å². The summed E-state index contributed by atoms with van der Waals surface area (Å²) in [5, 5.41) is 13.7. The molecule has 0 atom stereocenters. The lowest BCUT2D eigenvalue weighted by atomic mass is 10.2. The van der Waals surface area contributed by atoms with Gasteiger partial charge in [0.15, 0.2) is 5.69 Å². The van der Waals surface area contributed by atoms with Crippen LogP contribution in [0.25, 0.3) is 0 Å². The van der Waals surface area contributed by atoms with Crippen LogP contribution in [-0.2, 0) is 6.54 Å². The lowest BCUT2D eigenvalue weighted by Crippen LogP contribution is -2.00. The van der Waals surface area contributed by atoms with Gasteiger partial charge in [-0.2, -0.15) is 10.4 Å². The molecule has 3 nitrogen and oxygen atoms in total. The van der Waals surface area contributed by atoms with Crippen molar-refractivity contribution in [1.82, 2.24) is 9.78 Å². The van der Waals surface area contributed by atoms with E-state index >= 15 is 0 Å². The van der Waals surface area contributed by atoms with E-state index in [1.807, 2.05) is 12.1 Å². The molecule has 0 saturated heterocycles. The zero-order chi connectivity index (χ0) is 11.5. The summed E-state index contributed by atoms with van der Waals surface area (Å²) in [6.07, 6.45) is 1.75. The molecule has 0 unspecified atom stereocenters. The van der Waals surface area contributed by atoms with E-state index in [9.17, 15) is 0 Å². The van der Waals surface area contributed by atoms with E-state index < -0.39 is 0 Å². The van der Waals surface area contributed by atoms with Crippen LogP contribution in [-0.4, -0.2) is 9.78 Å². The summed E-state index contributed by atoms with van der Waals surface area (Å²) in [5.74, 6) is 0. The molecule has 0 fully saturated rings. The third-order valence-electron chi connectivity index (χ3n) is 2.08. The average molecular weight is 252 g/mol. The largest absolute Gasteiger partial charge is 0.267 e. The van der Waals surface area contributed by atoms with Crippen molar-refractivity contribution >= 4 is 23.2 Å². The third kappa shape index (κ3) is 2.35. The molecule has 0 bridgehead atoms. The number of hydrogen-bond donors (Lipinski definition) is 0. The van der Waals surface area contributed by atoms with Gasteiger partial charge in [-0.3, -0.25) is 4.68 Å². The maximum Gasteiger partial charge on any atom is 0.162 e. The normalized spacial score (nSPS) is 10.1. The van der Waals surface area contributed by atoms with E-state index in [4.69, 9.17) is 28.5 Å². The van der Waals surface area contributed by atoms with E-state index in [1.165, 1.54) is 0 Å². The second-order valence-corrected chi connectivity index (χ2v) is 4.07. The fraction of sp³-hybridized carbons (Fsp3) is 0.0909. The number of halogens is 2. The van der Waals surface area contributed by atoms with Gasteiger partial charge in [-0.05, 0) is 23.8 Å². The highest BCUT2D eigenvalue weighted by Crippen LogP contribution is 2.22. The third-order valence-corrected chi connectivity index (χ3v) is 2.82. The molecule has 2 aromatic rings. The molecule has 16 heavy (non-hydrogen) atoms. The maximum atomic E-state index is 8.63. The quantitative estimate of drug-likeness (QED) is 0.823. The molecule has 0 saturated carbocycles.